The van der Waals surface area contributed by atoms with E-state index in [0.717, 1.165) is 25.5 Å². The van der Waals surface area contributed by atoms with Crippen molar-refractivity contribution in [2.45, 2.75) is 0 Å². The van der Waals surface area contributed by atoms with Crippen molar-refractivity contribution in [3.05, 3.63) is 23.4 Å². The molecule has 0 radical (unpaired) electrons. The zero-order chi connectivity index (χ0) is 11.8. The molecule has 0 fully saturated rings. The second kappa shape index (κ2) is 7.44. The standard InChI is InChI=1S/C11H18ClN3O/c1-15(2)7-9-16-8-6-13-11-5-3-4-10(12)14-11/h3-5H,6-9H2,1-2H3,(H,13,14). The Balaban J connectivity index is 2.07. The Hall–Kier alpha value is -0.840. The van der Waals surface area contributed by atoms with Crippen LogP contribution < -0.4 is 5.32 Å². The third-order valence-corrected chi connectivity index (χ3v) is 2.16. The average Bonchev–Trinajstić information content (AvgIpc) is 2.23. The van der Waals surface area contributed by atoms with E-state index >= 15 is 0 Å². The Morgan fingerprint density at radius 3 is 2.88 bits per heavy atom. The zero-order valence-electron chi connectivity index (χ0n) is 9.74. The molecule has 1 heterocycles. The van der Waals surface area contributed by atoms with Crippen LogP contribution in [0.4, 0.5) is 5.82 Å². The molecule has 1 rings (SSSR count). The third kappa shape index (κ3) is 5.90. The van der Waals surface area contributed by atoms with E-state index in [4.69, 9.17) is 16.3 Å². The average molecular weight is 244 g/mol. The zero-order valence-corrected chi connectivity index (χ0v) is 10.5. The van der Waals surface area contributed by atoms with Crippen molar-refractivity contribution in [2.24, 2.45) is 0 Å². The molecule has 0 unspecified atom stereocenters. The van der Waals surface area contributed by atoms with Gasteiger partial charge < -0.3 is 15.0 Å². The van der Waals surface area contributed by atoms with Gasteiger partial charge in [-0.1, -0.05) is 17.7 Å². The van der Waals surface area contributed by atoms with Gasteiger partial charge in [-0.15, -0.1) is 0 Å². The van der Waals surface area contributed by atoms with E-state index in [0.29, 0.717) is 11.8 Å². The van der Waals surface area contributed by atoms with Crippen LogP contribution in [0.5, 0.6) is 0 Å². The minimum Gasteiger partial charge on any atom is -0.378 e. The fourth-order valence-electron chi connectivity index (χ4n) is 1.11. The van der Waals surface area contributed by atoms with Gasteiger partial charge in [0, 0.05) is 13.1 Å². The predicted octanol–water partition coefficient (Wildman–Crippen LogP) is 1.73. The van der Waals surface area contributed by atoms with Crippen LogP contribution in [0.3, 0.4) is 0 Å². The molecule has 0 aliphatic heterocycles. The molecule has 1 aromatic rings. The minimum absolute atomic E-state index is 0.499. The second-order valence-corrected chi connectivity index (χ2v) is 4.08. The van der Waals surface area contributed by atoms with Crippen molar-refractivity contribution < 1.29 is 4.74 Å². The Kier molecular flexibility index (Phi) is 6.15. The maximum absolute atomic E-state index is 5.75. The molecule has 0 amide bonds. The quantitative estimate of drug-likeness (QED) is 0.585. The molecule has 0 saturated heterocycles. The maximum Gasteiger partial charge on any atom is 0.131 e. The summed E-state index contributed by atoms with van der Waals surface area (Å²) in [6.07, 6.45) is 0. The summed E-state index contributed by atoms with van der Waals surface area (Å²) in [5, 5.41) is 3.64. The number of ether oxygens (including phenoxy) is 1. The van der Waals surface area contributed by atoms with Crippen LogP contribution >= 0.6 is 11.6 Å². The maximum atomic E-state index is 5.75. The van der Waals surface area contributed by atoms with Crippen molar-refractivity contribution in [3.8, 4) is 0 Å². The SMILES string of the molecule is CN(C)CCOCCNc1cccc(Cl)n1. The molecule has 0 aliphatic carbocycles. The summed E-state index contributed by atoms with van der Waals surface area (Å²) in [5.74, 6) is 0.781. The smallest absolute Gasteiger partial charge is 0.131 e. The van der Waals surface area contributed by atoms with E-state index in [2.05, 4.69) is 15.2 Å². The molecule has 0 atom stereocenters. The van der Waals surface area contributed by atoms with Crippen molar-refractivity contribution in [2.75, 3.05) is 45.7 Å². The summed E-state index contributed by atoms with van der Waals surface area (Å²) < 4.78 is 5.43. The first-order chi connectivity index (χ1) is 7.68. The Morgan fingerprint density at radius 1 is 1.38 bits per heavy atom. The molecular formula is C11H18ClN3O. The van der Waals surface area contributed by atoms with E-state index in [1.807, 2.05) is 26.2 Å². The minimum atomic E-state index is 0.499. The highest BCUT2D eigenvalue weighted by Crippen LogP contribution is 2.08. The highest BCUT2D eigenvalue weighted by Gasteiger charge is 1.95. The Bertz CT molecular complexity index is 307. The highest BCUT2D eigenvalue weighted by atomic mass is 35.5. The molecule has 4 nitrogen and oxygen atoms in total. The van der Waals surface area contributed by atoms with E-state index in [-0.39, 0.29) is 0 Å². The lowest BCUT2D eigenvalue weighted by Crippen LogP contribution is -2.20. The van der Waals surface area contributed by atoms with Gasteiger partial charge in [-0.05, 0) is 26.2 Å². The number of nitrogens with one attached hydrogen (secondary N) is 1. The number of nitrogens with zero attached hydrogens (tertiary/aromatic N) is 2. The van der Waals surface area contributed by atoms with Gasteiger partial charge in [0.05, 0.1) is 13.2 Å². The molecule has 16 heavy (non-hydrogen) atoms. The van der Waals surface area contributed by atoms with E-state index in [1.54, 1.807) is 6.07 Å². The molecule has 0 saturated carbocycles. The first kappa shape index (κ1) is 13.2. The monoisotopic (exact) mass is 243 g/mol. The van der Waals surface area contributed by atoms with Crippen molar-refractivity contribution in [1.82, 2.24) is 9.88 Å². The molecule has 0 spiro atoms. The number of anilines is 1. The number of likely N-dealkylation sites (N-methyl/N-ethyl adjacent to an activating group) is 1. The van der Waals surface area contributed by atoms with Gasteiger partial charge in [-0.3, -0.25) is 0 Å². The summed E-state index contributed by atoms with van der Waals surface area (Å²) in [6.45, 7) is 3.09. The van der Waals surface area contributed by atoms with Crippen LogP contribution in [0.2, 0.25) is 5.15 Å². The Morgan fingerprint density at radius 2 is 2.19 bits per heavy atom. The van der Waals surface area contributed by atoms with Crippen molar-refractivity contribution in [3.63, 3.8) is 0 Å². The molecule has 0 aliphatic rings. The van der Waals surface area contributed by atoms with Crippen LogP contribution in [0.1, 0.15) is 0 Å². The fourth-order valence-corrected chi connectivity index (χ4v) is 1.27. The van der Waals surface area contributed by atoms with Crippen LogP contribution in [-0.4, -0.2) is 50.3 Å². The van der Waals surface area contributed by atoms with E-state index in [9.17, 15) is 0 Å². The van der Waals surface area contributed by atoms with Crippen molar-refractivity contribution >= 4 is 17.4 Å². The van der Waals surface area contributed by atoms with Crippen LogP contribution in [0, 0.1) is 0 Å². The number of hydrogen-bond acceptors (Lipinski definition) is 4. The first-order valence-corrected chi connectivity index (χ1v) is 5.65. The summed E-state index contributed by atoms with van der Waals surface area (Å²) in [6, 6.07) is 5.50. The normalized spacial score (nSPS) is 10.8. The number of hydrogen-bond donors (Lipinski definition) is 1. The molecule has 1 N–H and O–H groups in total. The van der Waals surface area contributed by atoms with Gasteiger partial charge in [0.2, 0.25) is 0 Å². The molecule has 1 aromatic heterocycles. The lowest BCUT2D eigenvalue weighted by Gasteiger charge is -2.10. The predicted molar refractivity (Wildman–Crippen MR) is 67.1 cm³/mol. The van der Waals surface area contributed by atoms with Gasteiger partial charge in [0.25, 0.3) is 0 Å². The fraction of sp³-hybridized carbons (Fsp3) is 0.545. The van der Waals surface area contributed by atoms with Crippen LogP contribution in [-0.2, 0) is 4.74 Å². The van der Waals surface area contributed by atoms with Gasteiger partial charge in [0.1, 0.15) is 11.0 Å². The number of rotatable bonds is 7. The van der Waals surface area contributed by atoms with Gasteiger partial charge in [-0.2, -0.15) is 0 Å². The first-order valence-electron chi connectivity index (χ1n) is 5.27. The second-order valence-electron chi connectivity index (χ2n) is 3.69. The number of halogens is 1. The number of pyridine rings is 1. The molecule has 5 heteroatoms. The van der Waals surface area contributed by atoms with Gasteiger partial charge in [0.15, 0.2) is 0 Å². The molecule has 0 aromatic carbocycles. The van der Waals surface area contributed by atoms with Gasteiger partial charge >= 0.3 is 0 Å². The molecular weight excluding hydrogens is 226 g/mol. The Labute approximate surface area is 102 Å². The van der Waals surface area contributed by atoms with Gasteiger partial charge in [-0.25, -0.2) is 4.98 Å². The van der Waals surface area contributed by atoms with Crippen LogP contribution in [0.25, 0.3) is 0 Å². The van der Waals surface area contributed by atoms with Crippen molar-refractivity contribution in [1.29, 1.82) is 0 Å². The topological polar surface area (TPSA) is 37.4 Å². The largest absolute Gasteiger partial charge is 0.378 e. The summed E-state index contributed by atoms with van der Waals surface area (Å²) in [7, 11) is 4.05. The molecule has 90 valence electrons. The van der Waals surface area contributed by atoms with E-state index < -0.39 is 0 Å². The summed E-state index contributed by atoms with van der Waals surface area (Å²) >= 11 is 5.75. The molecule has 0 bridgehead atoms. The van der Waals surface area contributed by atoms with Crippen LogP contribution in [0.15, 0.2) is 18.2 Å². The highest BCUT2D eigenvalue weighted by molar-refractivity contribution is 6.29. The summed E-state index contributed by atoms with van der Waals surface area (Å²) in [4.78, 5) is 6.20. The van der Waals surface area contributed by atoms with E-state index in [1.165, 1.54) is 0 Å². The number of aromatic nitrogens is 1. The lowest BCUT2D eigenvalue weighted by atomic mass is 10.4. The summed E-state index contributed by atoms with van der Waals surface area (Å²) in [5.41, 5.74) is 0. The lowest BCUT2D eigenvalue weighted by molar-refractivity contribution is 0.126. The third-order valence-electron chi connectivity index (χ3n) is 1.95.